The average Bonchev–Trinajstić information content (AvgIpc) is 2.68. The maximum absolute atomic E-state index is 12.3. The maximum atomic E-state index is 12.3. The Morgan fingerprint density at radius 2 is 2.18 bits per heavy atom. The monoisotopic (exact) mass is 389 g/mol. The number of hydrogen-bond acceptors (Lipinski definition) is 5. The van der Waals surface area contributed by atoms with Gasteiger partial charge in [0, 0.05) is 31.7 Å². The van der Waals surface area contributed by atoms with E-state index in [0.717, 1.165) is 11.3 Å². The molecular weight excluding hydrogens is 358 g/mol. The minimum Gasteiger partial charge on any atom is -0.496 e. The van der Waals surface area contributed by atoms with E-state index < -0.39 is 6.04 Å². The number of piperazine rings is 1. The summed E-state index contributed by atoms with van der Waals surface area (Å²) in [7, 11) is 1.64. The van der Waals surface area contributed by atoms with Crippen molar-refractivity contribution < 1.29 is 19.1 Å². The molecule has 0 aromatic heterocycles. The normalized spacial score (nSPS) is 17.7. The lowest BCUT2D eigenvalue weighted by molar-refractivity contribution is -0.133. The SMILES string of the molecule is COc1ccccc1/C=C/CN1CCNC(=O)[C@H]1CC(=O)NCCOC(C)C. The first-order valence-electron chi connectivity index (χ1n) is 9.71. The molecule has 2 rings (SSSR count). The van der Waals surface area contributed by atoms with Crippen LogP contribution in [0.15, 0.2) is 30.3 Å². The van der Waals surface area contributed by atoms with Gasteiger partial charge in [-0.25, -0.2) is 0 Å². The molecular formula is C21H31N3O4. The van der Waals surface area contributed by atoms with Crippen LogP contribution in [0.25, 0.3) is 6.08 Å². The van der Waals surface area contributed by atoms with Gasteiger partial charge in [0.25, 0.3) is 0 Å². The van der Waals surface area contributed by atoms with Crippen LogP contribution < -0.4 is 15.4 Å². The molecule has 0 spiro atoms. The molecule has 7 nitrogen and oxygen atoms in total. The second-order valence-electron chi connectivity index (χ2n) is 6.92. The van der Waals surface area contributed by atoms with E-state index in [1.807, 2.05) is 55.2 Å². The van der Waals surface area contributed by atoms with Crippen LogP contribution in [-0.4, -0.2) is 68.8 Å². The Morgan fingerprint density at radius 3 is 2.93 bits per heavy atom. The Balaban J connectivity index is 1.89. The topological polar surface area (TPSA) is 79.9 Å². The van der Waals surface area contributed by atoms with Crippen molar-refractivity contribution in [3.05, 3.63) is 35.9 Å². The fourth-order valence-corrected chi connectivity index (χ4v) is 3.05. The second kappa shape index (κ2) is 11.5. The van der Waals surface area contributed by atoms with Crippen LogP contribution in [0.3, 0.4) is 0 Å². The molecule has 1 saturated heterocycles. The molecule has 0 saturated carbocycles. The van der Waals surface area contributed by atoms with Gasteiger partial charge in [-0.3, -0.25) is 14.5 Å². The summed E-state index contributed by atoms with van der Waals surface area (Å²) in [4.78, 5) is 26.5. The molecule has 0 unspecified atom stereocenters. The van der Waals surface area contributed by atoms with E-state index in [1.54, 1.807) is 7.11 Å². The van der Waals surface area contributed by atoms with Gasteiger partial charge in [-0.1, -0.05) is 30.4 Å². The number of hydrogen-bond donors (Lipinski definition) is 2. The van der Waals surface area contributed by atoms with Crippen LogP contribution in [0.2, 0.25) is 0 Å². The Kier molecular flexibility index (Phi) is 8.97. The van der Waals surface area contributed by atoms with Crippen molar-refractivity contribution >= 4 is 17.9 Å². The standard InChI is InChI=1S/C21H31N3O4/c1-16(2)28-14-11-22-20(25)15-18-21(26)23-10-13-24(18)12-6-8-17-7-4-5-9-19(17)27-3/h4-9,16,18H,10-15H2,1-3H3,(H,22,25)(H,23,26)/b8-6+/t18-/m1/s1. The van der Waals surface area contributed by atoms with E-state index in [0.29, 0.717) is 32.8 Å². The van der Waals surface area contributed by atoms with Gasteiger partial charge in [-0.05, 0) is 19.9 Å². The van der Waals surface area contributed by atoms with Gasteiger partial charge >= 0.3 is 0 Å². The van der Waals surface area contributed by atoms with Gasteiger partial charge in [-0.2, -0.15) is 0 Å². The fraction of sp³-hybridized carbons (Fsp3) is 0.524. The minimum atomic E-state index is -0.470. The van der Waals surface area contributed by atoms with Crippen molar-refractivity contribution in [2.24, 2.45) is 0 Å². The highest BCUT2D eigenvalue weighted by molar-refractivity contribution is 5.88. The van der Waals surface area contributed by atoms with Crippen LogP contribution in [-0.2, 0) is 14.3 Å². The lowest BCUT2D eigenvalue weighted by atomic mass is 10.1. The van der Waals surface area contributed by atoms with Gasteiger partial charge in [0.1, 0.15) is 5.75 Å². The summed E-state index contributed by atoms with van der Waals surface area (Å²) in [5, 5.41) is 5.66. The quantitative estimate of drug-likeness (QED) is 0.592. The predicted octanol–water partition coefficient (Wildman–Crippen LogP) is 1.44. The number of nitrogens with one attached hydrogen (secondary N) is 2. The Bertz CT molecular complexity index is 675. The Morgan fingerprint density at radius 1 is 1.39 bits per heavy atom. The third-order valence-electron chi connectivity index (χ3n) is 4.47. The van der Waals surface area contributed by atoms with Gasteiger partial charge in [0.05, 0.1) is 32.3 Å². The Labute approximate surface area is 167 Å². The molecule has 2 N–H and O–H groups in total. The van der Waals surface area contributed by atoms with Crippen molar-refractivity contribution in [3.63, 3.8) is 0 Å². The van der Waals surface area contributed by atoms with E-state index >= 15 is 0 Å². The summed E-state index contributed by atoms with van der Waals surface area (Å²) >= 11 is 0. The molecule has 28 heavy (non-hydrogen) atoms. The zero-order valence-corrected chi connectivity index (χ0v) is 16.9. The molecule has 7 heteroatoms. The van der Waals surface area contributed by atoms with Crippen molar-refractivity contribution in [2.45, 2.75) is 32.4 Å². The van der Waals surface area contributed by atoms with Crippen molar-refractivity contribution in [1.82, 2.24) is 15.5 Å². The third-order valence-corrected chi connectivity index (χ3v) is 4.47. The first-order valence-corrected chi connectivity index (χ1v) is 9.71. The van der Waals surface area contributed by atoms with Gasteiger partial charge in [0.15, 0.2) is 0 Å². The highest BCUT2D eigenvalue weighted by Crippen LogP contribution is 2.19. The van der Waals surface area contributed by atoms with E-state index in [1.165, 1.54) is 0 Å². The van der Waals surface area contributed by atoms with E-state index in [2.05, 4.69) is 10.6 Å². The molecule has 154 valence electrons. The first kappa shape index (κ1) is 21.9. The number of ether oxygens (including phenoxy) is 2. The van der Waals surface area contributed by atoms with Crippen LogP contribution in [0.5, 0.6) is 5.75 Å². The first-order chi connectivity index (χ1) is 13.5. The molecule has 1 fully saturated rings. The highest BCUT2D eigenvalue weighted by Gasteiger charge is 2.30. The van der Waals surface area contributed by atoms with Crippen molar-refractivity contribution in [3.8, 4) is 5.75 Å². The zero-order valence-electron chi connectivity index (χ0n) is 16.9. The number of carbonyl (C=O) groups is 2. The van der Waals surface area contributed by atoms with Gasteiger partial charge < -0.3 is 20.1 Å². The zero-order chi connectivity index (χ0) is 20.4. The average molecular weight is 389 g/mol. The van der Waals surface area contributed by atoms with E-state index in [-0.39, 0.29) is 24.3 Å². The summed E-state index contributed by atoms with van der Waals surface area (Å²) in [5.41, 5.74) is 0.978. The van der Waals surface area contributed by atoms with Crippen molar-refractivity contribution in [1.29, 1.82) is 0 Å². The molecule has 1 atom stereocenters. The lowest BCUT2D eigenvalue weighted by Crippen LogP contribution is -2.56. The molecule has 0 aliphatic carbocycles. The summed E-state index contributed by atoms with van der Waals surface area (Å²) in [5.74, 6) is 0.549. The summed E-state index contributed by atoms with van der Waals surface area (Å²) in [6, 6.07) is 7.28. The van der Waals surface area contributed by atoms with Crippen LogP contribution >= 0.6 is 0 Å². The molecule has 1 aromatic carbocycles. The highest BCUT2D eigenvalue weighted by atomic mass is 16.5. The molecule has 0 bridgehead atoms. The maximum Gasteiger partial charge on any atom is 0.237 e. The molecule has 1 heterocycles. The third kappa shape index (κ3) is 6.98. The number of amides is 2. The van der Waals surface area contributed by atoms with E-state index in [4.69, 9.17) is 9.47 Å². The number of rotatable bonds is 10. The second-order valence-corrected chi connectivity index (χ2v) is 6.92. The smallest absolute Gasteiger partial charge is 0.237 e. The van der Waals surface area contributed by atoms with Crippen LogP contribution in [0.1, 0.15) is 25.8 Å². The van der Waals surface area contributed by atoms with Crippen molar-refractivity contribution in [2.75, 3.05) is 39.9 Å². The predicted molar refractivity (Wildman–Crippen MR) is 109 cm³/mol. The minimum absolute atomic E-state index is 0.106. The Hall–Kier alpha value is -2.38. The molecule has 1 aliphatic rings. The molecule has 2 amide bonds. The lowest BCUT2D eigenvalue weighted by Gasteiger charge is -2.33. The van der Waals surface area contributed by atoms with Crippen LogP contribution in [0.4, 0.5) is 0 Å². The summed E-state index contributed by atoms with van der Waals surface area (Å²) in [6.07, 6.45) is 4.24. The van der Waals surface area contributed by atoms with E-state index in [9.17, 15) is 9.59 Å². The van der Waals surface area contributed by atoms with Gasteiger partial charge in [0.2, 0.25) is 11.8 Å². The molecule has 0 radical (unpaired) electrons. The fourth-order valence-electron chi connectivity index (χ4n) is 3.05. The number of carbonyl (C=O) groups excluding carboxylic acids is 2. The number of para-hydroxylation sites is 1. The summed E-state index contributed by atoms with van der Waals surface area (Å²) in [6.45, 7) is 6.68. The molecule has 1 aliphatic heterocycles. The van der Waals surface area contributed by atoms with Crippen LogP contribution in [0, 0.1) is 0 Å². The number of methoxy groups -OCH3 is 1. The summed E-state index contributed by atoms with van der Waals surface area (Å²) < 4.78 is 10.8. The number of nitrogens with zero attached hydrogens (tertiary/aromatic N) is 1. The number of benzene rings is 1. The molecule has 1 aromatic rings. The largest absolute Gasteiger partial charge is 0.496 e. The van der Waals surface area contributed by atoms with Gasteiger partial charge in [-0.15, -0.1) is 0 Å².